The Hall–Kier alpha value is -0.560. The summed E-state index contributed by atoms with van der Waals surface area (Å²) in [4.78, 5) is 1.06. The van der Waals surface area contributed by atoms with Crippen LogP contribution in [0, 0.1) is 6.92 Å². The molecule has 1 aliphatic heterocycles. The minimum absolute atomic E-state index is 0.260. The van der Waals surface area contributed by atoms with Gasteiger partial charge >= 0.3 is 0 Å². The molecule has 1 aromatic rings. The molecule has 0 aliphatic carbocycles. The van der Waals surface area contributed by atoms with Crippen LogP contribution in [0.1, 0.15) is 24.5 Å². The molecule has 0 amide bonds. The Kier molecular flexibility index (Phi) is 3.49. The van der Waals surface area contributed by atoms with Crippen LogP contribution < -0.4 is 5.14 Å². The molecule has 4 nitrogen and oxygen atoms in total. The van der Waals surface area contributed by atoms with Gasteiger partial charge in [0, 0.05) is 18.0 Å². The fraction of sp³-hybridized carbons (Fsp3) is 0.455. The van der Waals surface area contributed by atoms with Crippen LogP contribution in [-0.2, 0) is 16.6 Å². The number of fused-ring (bicyclic) bond motifs is 1. The van der Waals surface area contributed by atoms with E-state index in [-0.39, 0.29) is 4.90 Å². The lowest BCUT2D eigenvalue weighted by Crippen LogP contribution is -2.13. The molecule has 2 rings (SSSR count). The summed E-state index contributed by atoms with van der Waals surface area (Å²) in [6, 6.07) is 3.68. The van der Waals surface area contributed by atoms with Gasteiger partial charge < -0.3 is 0 Å². The zero-order valence-electron chi connectivity index (χ0n) is 9.93. The molecule has 1 aromatic carbocycles. The van der Waals surface area contributed by atoms with E-state index in [0.717, 1.165) is 35.5 Å². The number of hydrogen-bond donors (Lipinski definition) is 1. The van der Waals surface area contributed by atoms with Crippen LogP contribution in [0.25, 0.3) is 0 Å². The molecule has 0 bridgehead atoms. The molecule has 0 atom stereocenters. The minimum atomic E-state index is -3.64. The third-order valence-electron chi connectivity index (χ3n) is 2.62. The predicted molar refractivity (Wildman–Crippen MR) is 69.1 cm³/mol. The van der Waals surface area contributed by atoms with Crippen LogP contribution in [0.3, 0.4) is 0 Å². The van der Waals surface area contributed by atoms with Gasteiger partial charge in [0.25, 0.3) is 0 Å². The van der Waals surface area contributed by atoms with Crippen molar-refractivity contribution in [2.24, 2.45) is 5.14 Å². The number of nitrogens with two attached hydrogens (primary N) is 1. The van der Waals surface area contributed by atoms with Crippen molar-refractivity contribution in [2.75, 3.05) is 6.54 Å². The second kappa shape index (κ2) is 4.61. The molecule has 0 aromatic heterocycles. The Labute approximate surface area is 106 Å². The van der Waals surface area contributed by atoms with Crippen molar-refractivity contribution in [3.63, 3.8) is 0 Å². The van der Waals surface area contributed by atoms with E-state index in [4.69, 9.17) is 5.14 Å². The van der Waals surface area contributed by atoms with Crippen molar-refractivity contribution in [1.29, 1.82) is 0 Å². The topological polar surface area (TPSA) is 63.4 Å². The first-order valence-electron chi connectivity index (χ1n) is 5.51. The van der Waals surface area contributed by atoms with Gasteiger partial charge in [-0.25, -0.2) is 17.9 Å². The van der Waals surface area contributed by atoms with Crippen molar-refractivity contribution in [3.8, 4) is 0 Å². The third kappa shape index (κ3) is 2.65. The van der Waals surface area contributed by atoms with Gasteiger partial charge in [-0.15, -0.1) is 0 Å². The van der Waals surface area contributed by atoms with Crippen LogP contribution >= 0.6 is 11.9 Å². The molecule has 1 aliphatic rings. The fourth-order valence-corrected chi connectivity index (χ4v) is 4.30. The van der Waals surface area contributed by atoms with Crippen molar-refractivity contribution in [3.05, 3.63) is 23.3 Å². The monoisotopic (exact) mass is 272 g/mol. The summed E-state index contributed by atoms with van der Waals surface area (Å²) in [5.41, 5.74) is 2.00. The smallest absolute Gasteiger partial charge is 0.239 e. The van der Waals surface area contributed by atoms with Crippen LogP contribution in [-0.4, -0.2) is 19.3 Å². The Morgan fingerprint density at radius 1 is 1.47 bits per heavy atom. The zero-order chi connectivity index (χ0) is 12.6. The lowest BCUT2D eigenvalue weighted by molar-refractivity contribution is 0.477. The fourth-order valence-electron chi connectivity index (χ4n) is 1.97. The van der Waals surface area contributed by atoms with Gasteiger partial charge in [-0.05, 0) is 42.5 Å². The van der Waals surface area contributed by atoms with Gasteiger partial charge in [0.15, 0.2) is 0 Å². The van der Waals surface area contributed by atoms with E-state index in [9.17, 15) is 8.42 Å². The number of benzene rings is 1. The number of sulfonamides is 1. The van der Waals surface area contributed by atoms with Gasteiger partial charge in [-0.1, -0.05) is 13.0 Å². The molecule has 0 saturated carbocycles. The Balaban J connectivity index is 2.47. The maximum Gasteiger partial charge on any atom is 0.239 e. The second-order valence-electron chi connectivity index (χ2n) is 4.25. The first kappa shape index (κ1) is 12.9. The molecule has 6 heteroatoms. The van der Waals surface area contributed by atoms with Crippen molar-refractivity contribution < 1.29 is 8.42 Å². The summed E-state index contributed by atoms with van der Waals surface area (Å²) in [5, 5.41) is 5.26. The standard InChI is InChI=1S/C11H16N2O2S2/c1-3-4-13-7-9-5-8(2)6-10(11(9)16-13)17(12,14)15/h5-6H,3-4,7H2,1-2H3,(H2,12,14,15). The number of nitrogens with zero attached hydrogens (tertiary/aromatic N) is 1. The van der Waals surface area contributed by atoms with Crippen LogP contribution in [0.2, 0.25) is 0 Å². The van der Waals surface area contributed by atoms with E-state index in [0.29, 0.717) is 0 Å². The highest BCUT2D eigenvalue weighted by atomic mass is 32.2. The summed E-state index contributed by atoms with van der Waals surface area (Å²) in [7, 11) is -3.64. The maximum absolute atomic E-state index is 11.6. The van der Waals surface area contributed by atoms with E-state index in [1.54, 1.807) is 6.07 Å². The second-order valence-corrected chi connectivity index (χ2v) is 6.89. The van der Waals surface area contributed by atoms with Gasteiger partial charge in [0.2, 0.25) is 10.0 Å². The highest BCUT2D eigenvalue weighted by Crippen LogP contribution is 2.40. The van der Waals surface area contributed by atoms with E-state index < -0.39 is 10.0 Å². The third-order valence-corrected chi connectivity index (χ3v) is 4.92. The normalized spacial score (nSPS) is 16.2. The highest BCUT2D eigenvalue weighted by Gasteiger charge is 2.26. The van der Waals surface area contributed by atoms with E-state index in [1.165, 1.54) is 11.9 Å². The van der Waals surface area contributed by atoms with E-state index >= 15 is 0 Å². The Bertz CT molecular complexity index is 541. The molecular formula is C11H16N2O2S2. The maximum atomic E-state index is 11.6. The first-order valence-corrected chi connectivity index (χ1v) is 7.83. The van der Waals surface area contributed by atoms with Crippen molar-refractivity contribution in [2.45, 2.75) is 36.6 Å². The summed E-state index contributed by atoms with van der Waals surface area (Å²) in [6.45, 7) is 5.73. The number of hydrogen-bond acceptors (Lipinski definition) is 4. The quantitative estimate of drug-likeness (QED) is 0.853. The summed E-state index contributed by atoms with van der Waals surface area (Å²) >= 11 is 1.50. The van der Waals surface area contributed by atoms with E-state index in [1.807, 2.05) is 13.0 Å². The lowest BCUT2D eigenvalue weighted by atomic mass is 10.1. The van der Waals surface area contributed by atoms with Gasteiger partial charge in [-0.3, -0.25) is 0 Å². The molecule has 0 radical (unpaired) electrons. The Morgan fingerprint density at radius 3 is 2.76 bits per heavy atom. The summed E-state index contributed by atoms with van der Waals surface area (Å²) in [5.74, 6) is 0. The van der Waals surface area contributed by atoms with Crippen molar-refractivity contribution >= 4 is 22.0 Å². The number of primary sulfonamides is 1. The molecule has 94 valence electrons. The van der Waals surface area contributed by atoms with Crippen LogP contribution in [0.4, 0.5) is 0 Å². The molecule has 2 N–H and O–H groups in total. The average molecular weight is 272 g/mol. The minimum Gasteiger partial charge on any atom is -0.242 e. The van der Waals surface area contributed by atoms with Gasteiger partial charge in [0.1, 0.15) is 0 Å². The van der Waals surface area contributed by atoms with Crippen molar-refractivity contribution in [1.82, 2.24) is 4.31 Å². The van der Waals surface area contributed by atoms with Gasteiger partial charge in [-0.2, -0.15) is 0 Å². The Morgan fingerprint density at radius 2 is 2.18 bits per heavy atom. The average Bonchev–Trinajstić information content (AvgIpc) is 2.57. The van der Waals surface area contributed by atoms with Gasteiger partial charge in [0.05, 0.1) is 4.90 Å². The molecule has 17 heavy (non-hydrogen) atoms. The summed E-state index contributed by atoms with van der Waals surface area (Å²) < 4.78 is 25.3. The zero-order valence-corrected chi connectivity index (χ0v) is 11.6. The molecule has 0 spiro atoms. The number of rotatable bonds is 3. The largest absolute Gasteiger partial charge is 0.242 e. The molecule has 1 heterocycles. The first-order chi connectivity index (χ1) is 7.91. The molecule has 0 fully saturated rings. The number of aryl methyl sites for hydroxylation is 1. The molecular weight excluding hydrogens is 256 g/mol. The SMILES string of the molecule is CCCN1Cc2cc(C)cc(S(N)(=O)=O)c2S1. The van der Waals surface area contributed by atoms with Crippen LogP contribution in [0.15, 0.2) is 21.9 Å². The molecule has 0 saturated heterocycles. The molecule has 0 unspecified atom stereocenters. The van der Waals surface area contributed by atoms with Crippen LogP contribution in [0.5, 0.6) is 0 Å². The lowest BCUT2D eigenvalue weighted by Gasteiger charge is -2.10. The highest BCUT2D eigenvalue weighted by molar-refractivity contribution is 7.98. The predicted octanol–water partition coefficient (Wildman–Crippen LogP) is 1.88. The van der Waals surface area contributed by atoms with E-state index in [2.05, 4.69) is 11.2 Å². The summed E-state index contributed by atoms with van der Waals surface area (Å²) in [6.07, 6.45) is 1.05.